The molecular formula is C22H23FN2O5S. The number of nitrogens with one attached hydrogen (secondary N) is 1. The molecule has 0 saturated carbocycles. The van der Waals surface area contributed by atoms with Gasteiger partial charge in [0.25, 0.3) is 0 Å². The van der Waals surface area contributed by atoms with Crippen LogP contribution in [0.4, 0.5) is 9.52 Å². The zero-order chi connectivity index (χ0) is 22.4. The number of carbonyl (C=O) groups excluding carboxylic acids is 2. The summed E-state index contributed by atoms with van der Waals surface area (Å²) < 4.78 is 29.9. The molecule has 1 heterocycles. The van der Waals surface area contributed by atoms with Gasteiger partial charge in [-0.05, 0) is 49.7 Å². The molecule has 0 spiro atoms. The fourth-order valence-electron chi connectivity index (χ4n) is 3.09. The second-order valence-electron chi connectivity index (χ2n) is 6.51. The first-order valence-corrected chi connectivity index (χ1v) is 10.6. The van der Waals surface area contributed by atoms with Crippen molar-refractivity contribution in [1.82, 2.24) is 4.98 Å². The number of aromatic nitrogens is 1. The molecule has 0 amide bonds. The Morgan fingerprint density at radius 2 is 1.71 bits per heavy atom. The SMILES string of the molecule is CCOC(=O)C(C(=O)OCC)C(Nc1nc2ccc(OC)cc2s1)c1ccc(F)cc1. The lowest BCUT2D eigenvalue weighted by molar-refractivity contribution is -0.162. The van der Waals surface area contributed by atoms with Crippen LogP contribution in [0.1, 0.15) is 25.5 Å². The summed E-state index contributed by atoms with van der Waals surface area (Å²) in [6.07, 6.45) is 0. The largest absolute Gasteiger partial charge is 0.497 e. The minimum atomic E-state index is -1.30. The summed E-state index contributed by atoms with van der Waals surface area (Å²) in [5.41, 5.74) is 1.25. The Morgan fingerprint density at radius 3 is 2.29 bits per heavy atom. The van der Waals surface area contributed by atoms with E-state index in [1.165, 1.54) is 35.6 Å². The molecule has 0 aliphatic carbocycles. The van der Waals surface area contributed by atoms with Gasteiger partial charge in [0.15, 0.2) is 11.0 Å². The molecule has 1 unspecified atom stereocenters. The first kappa shape index (κ1) is 22.5. The molecule has 0 saturated heterocycles. The Kier molecular flexibility index (Phi) is 7.41. The molecule has 0 bridgehead atoms. The molecule has 1 aromatic heterocycles. The van der Waals surface area contributed by atoms with E-state index in [-0.39, 0.29) is 13.2 Å². The zero-order valence-electron chi connectivity index (χ0n) is 17.4. The Balaban J connectivity index is 2.03. The van der Waals surface area contributed by atoms with Crippen LogP contribution in [0.2, 0.25) is 0 Å². The van der Waals surface area contributed by atoms with Crippen LogP contribution in [0.3, 0.4) is 0 Å². The normalized spacial score (nSPS) is 11.9. The number of hydrogen-bond acceptors (Lipinski definition) is 8. The smallest absolute Gasteiger partial charge is 0.322 e. The second kappa shape index (κ2) is 10.2. The Bertz CT molecular complexity index is 1040. The lowest BCUT2D eigenvalue weighted by Gasteiger charge is -2.25. The van der Waals surface area contributed by atoms with Crippen LogP contribution < -0.4 is 10.1 Å². The number of fused-ring (bicyclic) bond motifs is 1. The van der Waals surface area contributed by atoms with Gasteiger partial charge in [-0.3, -0.25) is 9.59 Å². The van der Waals surface area contributed by atoms with Gasteiger partial charge >= 0.3 is 11.9 Å². The number of nitrogens with zero attached hydrogens (tertiary/aromatic N) is 1. The van der Waals surface area contributed by atoms with Gasteiger partial charge in [-0.1, -0.05) is 23.5 Å². The van der Waals surface area contributed by atoms with E-state index in [9.17, 15) is 14.0 Å². The van der Waals surface area contributed by atoms with E-state index in [2.05, 4.69) is 10.3 Å². The van der Waals surface area contributed by atoms with Gasteiger partial charge < -0.3 is 19.5 Å². The maximum atomic E-state index is 13.5. The molecule has 3 rings (SSSR count). The zero-order valence-corrected chi connectivity index (χ0v) is 18.2. The average molecular weight is 447 g/mol. The number of thiazole rings is 1. The van der Waals surface area contributed by atoms with Crippen molar-refractivity contribution in [3.05, 3.63) is 53.8 Å². The summed E-state index contributed by atoms with van der Waals surface area (Å²) >= 11 is 1.34. The van der Waals surface area contributed by atoms with Gasteiger partial charge in [0.1, 0.15) is 11.6 Å². The van der Waals surface area contributed by atoms with Crippen molar-refractivity contribution in [3.8, 4) is 5.75 Å². The summed E-state index contributed by atoms with van der Waals surface area (Å²) in [6.45, 7) is 3.51. The van der Waals surface area contributed by atoms with Gasteiger partial charge in [0, 0.05) is 0 Å². The summed E-state index contributed by atoms with van der Waals surface area (Å²) in [4.78, 5) is 30.0. The van der Waals surface area contributed by atoms with Gasteiger partial charge in [0.05, 0.1) is 36.6 Å². The molecule has 0 fully saturated rings. The number of halogens is 1. The van der Waals surface area contributed by atoms with E-state index in [1.807, 2.05) is 12.1 Å². The third-order valence-electron chi connectivity index (χ3n) is 4.52. The van der Waals surface area contributed by atoms with Crippen molar-refractivity contribution in [3.63, 3.8) is 0 Å². The van der Waals surface area contributed by atoms with Crippen LogP contribution in [0, 0.1) is 11.7 Å². The first-order valence-electron chi connectivity index (χ1n) is 9.76. The molecule has 31 heavy (non-hydrogen) atoms. The number of esters is 2. The topological polar surface area (TPSA) is 86.8 Å². The minimum Gasteiger partial charge on any atom is -0.497 e. The first-order chi connectivity index (χ1) is 15.0. The van der Waals surface area contributed by atoms with Crippen molar-refractivity contribution in [1.29, 1.82) is 0 Å². The third-order valence-corrected chi connectivity index (χ3v) is 5.47. The van der Waals surface area contributed by atoms with E-state index in [1.54, 1.807) is 27.0 Å². The molecule has 9 heteroatoms. The summed E-state index contributed by atoms with van der Waals surface area (Å²) in [5.74, 6) is -2.50. The van der Waals surface area contributed by atoms with Crippen LogP contribution in [-0.2, 0) is 19.1 Å². The molecule has 0 aliphatic heterocycles. The van der Waals surface area contributed by atoms with Gasteiger partial charge in [-0.2, -0.15) is 0 Å². The van der Waals surface area contributed by atoms with Crippen LogP contribution >= 0.6 is 11.3 Å². The Hall–Kier alpha value is -3.20. The van der Waals surface area contributed by atoms with Gasteiger partial charge in [-0.25, -0.2) is 9.37 Å². The molecule has 1 N–H and O–H groups in total. The Labute approximate surface area is 183 Å². The fourth-order valence-corrected chi connectivity index (χ4v) is 4.02. The highest BCUT2D eigenvalue weighted by Gasteiger charge is 2.39. The van der Waals surface area contributed by atoms with E-state index in [4.69, 9.17) is 14.2 Å². The van der Waals surface area contributed by atoms with E-state index in [0.29, 0.717) is 16.4 Å². The standard InChI is InChI=1S/C22H23FN2O5S/c1-4-29-20(26)18(21(27)30-5-2)19(13-6-8-14(23)9-7-13)25-22-24-16-11-10-15(28-3)12-17(16)31-22/h6-12,18-19H,4-5H2,1-3H3,(H,24,25). The lowest BCUT2D eigenvalue weighted by atomic mass is 9.93. The number of anilines is 1. The second-order valence-corrected chi connectivity index (χ2v) is 7.54. The molecule has 0 radical (unpaired) electrons. The molecule has 164 valence electrons. The number of benzene rings is 2. The maximum absolute atomic E-state index is 13.5. The van der Waals surface area contributed by atoms with Crippen LogP contribution in [0.15, 0.2) is 42.5 Å². The molecule has 3 aromatic rings. The number of hydrogen-bond donors (Lipinski definition) is 1. The highest BCUT2D eigenvalue weighted by atomic mass is 32.1. The highest BCUT2D eigenvalue weighted by Crippen LogP contribution is 2.34. The maximum Gasteiger partial charge on any atom is 0.322 e. The molecule has 7 nitrogen and oxygen atoms in total. The highest BCUT2D eigenvalue weighted by molar-refractivity contribution is 7.22. The summed E-state index contributed by atoms with van der Waals surface area (Å²) in [5, 5.41) is 3.65. The Morgan fingerprint density at radius 1 is 1.06 bits per heavy atom. The fraction of sp³-hybridized carbons (Fsp3) is 0.318. The summed E-state index contributed by atoms with van der Waals surface area (Å²) in [6, 6.07) is 10.1. The van der Waals surface area contributed by atoms with Gasteiger partial charge in [-0.15, -0.1) is 0 Å². The lowest BCUT2D eigenvalue weighted by Crippen LogP contribution is -2.36. The van der Waals surface area contributed by atoms with E-state index in [0.717, 1.165) is 10.2 Å². The van der Waals surface area contributed by atoms with Crippen molar-refractivity contribution in [2.75, 3.05) is 25.6 Å². The van der Waals surface area contributed by atoms with E-state index >= 15 is 0 Å². The number of ether oxygens (including phenoxy) is 3. The third kappa shape index (κ3) is 5.29. The number of carbonyl (C=O) groups is 2. The molecule has 2 aromatic carbocycles. The van der Waals surface area contributed by atoms with Crippen molar-refractivity contribution in [2.24, 2.45) is 5.92 Å². The monoisotopic (exact) mass is 446 g/mol. The number of rotatable bonds is 9. The van der Waals surface area contributed by atoms with E-state index < -0.39 is 29.7 Å². The van der Waals surface area contributed by atoms with Crippen molar-refractivity contribution >= 4 is 38.6 Å². The predicted molar refractivity (Wildman–Crippen MR) is 116 cm³/mol. The van der Waals surface area contributed by atoms with Crippen molar-refractivity contribution < 1.29 is 28.2 Å². The van der Waals surface area contributed by atoms with Crippen LogP contribution in [0.25, 0.3) is 10.2 Å². The number of methoxy groups -OCH3 is 1. The quantitative estimate of drug-likeness (QED) is 0.386. The molecular weight excluding hydrogens is 423 g/mol. The predicted octanol–water partition coefficient (Wildman–Crippen LogP) is 4.34. The minimum absolute atomic E-state index is 0.103. The van der Waals surface area contributed by atoms with Gasteiger partial charge in [0.2, 0.25) is 0 Å². The summed E-state index contributed by atoms with van der Waals surface area (Å²) in [7, 11) is 1.58. The average Bonchev–Trinajstić information content (AvgIpc) is 3.15. The van der Waals surface area contributed by atoms with Crippen LogP contribution in [0.5, 0.6) is 5.75 Å². The van der Waals surface area contributed by atoms with Crippen LogP contribution in [-0.4, -0.2) is 37.2 Å². The molecule has 1 atom stereocenters. The molecule has 0 aliphatic rings. The van der Waals surface area contributed by atoms with Crippen molar-refractivity contribution in [2.45, 2.75) is 19.9 Å².